The van der Waals surface area contributed by atoms with Gasteiger partial charge in [-0.25, -0.2) is 9.59 Å². The van der Waals surface area contributed by atoms with Gasteiger partial charge in [-0.05, 0) is 52.7 Å². The molecule has 0 saturated heterocycles. The molecule has 0 radical (unpaired) electrons. The van der Waals surface area contributed by atoms with Crippen LogP contribution in [0.1, 0.15) is 69.3 Å². The van der Waals surface area contributed by atoms with E-state index in [9.17, 15) is 47.3 Å². The number of rotatable bonds is 9. The molecule has 0 spiro atoms. The number of hydrogen-bond donors (Lipinski definition) is 2. The van der Waals surface area contributed by atoms with Crippen molar-refractivity contribution in [2.75, 3.05) is 10.6 Å². The van der Waals surface area contributed by atoms with Crippen molar-refractivity contribution < 1.29 is 46.2 Å². The molecule has 10 nitrogen and oxygen atoms in total. The maximum Gasteiger partial charge on any atom is 0.396 e. The van der Waals surface area contributed by atoms with Gasteiger partial charge < -0.3 is 20.1 Å². The third-order valence-electron chi connectivity index (χ3n) is 4.99. The minimum absolute atomic E-state index is 0.0369. The molecular weight excluding hydrogens is 580 g/mol. The maximum absolute atomic E-state index is 14.7. The van der Waals surface area contributed by atoms with E-state index >= 15 is 0 Å². The number of thiophene rings is 2. The first-order valence-electron chi connectivity index (χ1n) is 11.3. The lowest BCUT2D eigenvalue weighted by atomic mass is 10.1. The fourth-order valence-electron chi connectivity index (χ4n) is 3.05. The Hall–Kier alpha value is -4.02. The van der Waals surface area contributed by atoms with Crippen molar-refractivity contribution in [1.29, 1.82) is 10.5 Å². The van der Waals surface area contributed by atoms with Gasteiger partial charge in [-0.3, -0.25) is 9.59 Å². The summed E-state index contributed by atoms with van der Waals surface area (Å²) in [5.74, 6) is -18.5. The second kappa shape index (κ2) is 12.0. The molecule has 0 saturated carbocycles. The van der Waals surface area contributed by atoms with Crippen LogP contribution in [0.2, 0.25) is 0 Å². The number of hydrogen-bond acceptors (Lipinski definition) is 10. The lowest BCUT2D eigenvalue weighted by Gasteiger charge is -2.24. The first-order chi connectivity index (χ1) is 18.4. The highest BCUT2D eigenvalue weighted by Crippen LogP contribution is 2.40. The van der Waals surface area contributed by atoms with E-state index in [-0.39, 0.29) is 20.9 Å². The van der Waals surface area contributed by atoms with Gasteiger partial charge in [0.25, 0.3) is 0 Å². The van der Waals surface area contributed by atoms with E-state index < -0.39 is 68.9 Å². The Labute approximate surface area is 233 Å². The average Bonchev–Trinajstić information content (AvgIpc) is 3.32. The zero-order chi connectivity index (χ0) is 30.7. The standard InChI is InChI=1S/C24H22F4N4O6S2/c1-9(2)37-19(33)15-11(5)13(7-29)17(39-15)31-21(35)23(25,26)24(27,28)22(36)32-18-14(8-30)12(6)16(40-18)20(34)38-10(3)4/h9-10H,1-6H3,(H,31,35)(H,32,36). The van der Waals surface area contributed by atoms with Crippen molar-refractivity contribution in [3.8, 4) is 12.1 Å². The molecule has 2 amide bonds. The average molecular weight is 603 g/mol. The molecule has 2 aromatic rings. The summed E-state index contributed by atoms with van der Waals surface area (Å²) in [6.07, 6.45) is -1.16. The first kappa shape index (κ1) is 32.2. The fourth-order valence-corrected chi connectivity index (χ4v) is 5.12. The van der Waals surface area contributed by atoms with Crippen LogP contribution in [0, 0.1) is 36.5 Å². The molecule has 2 aromatic heterocycles. The summed E-state index contributed by atoms with van der Waals surface area (Å²) < 4.78 is 68.8. The molecule has 0 atom stereocenters. The van der Waals surface area contributed by atoms with Crippen molar-refractivity contribution in [3.63, 3.8) is 0 Å². The Bertz CT molecular complexity index is 1340. The zero-order valence-corrected chi connectivity index (χ0v) is 23.5. The normalized spacial score (nSPS) is 11.6. The van der Waals surface area contributed by atoms with Gasteiger partial charge in [0.1, 0.15) is 31.9 Å². The molecule has 0 fully saturated rings. The summed E-state index contributed by atoms with van der Waals surface area (Å²) in [6, 6.07) is 3.19. The monoisotopic (exact) mass is 602 g/mol. The van der Waals surface area contributed by atoms with Crippen molar-refractivity contribution >= 4 is 56.4 Å². The van der Waals surface area contributed by atoms with Gasteiger partial charge in [-0.1, -0.05) is 0 Å². The molecule has 0 aliphatic rings. The Balaban J connectivity index is 2.36. The quantitative estimate of drug-likeness (QED) is 0.295. The van der Waals surface area contributed by atoms with E-state index in [1.54, 1.807) is 12.1 Å². The number of amides is 2. The van der Waals surface area contributed by atoms with E-state index in [1.165, 1.54) is 52.2 Å². The van der Waals surface area contributed by atoms with Crippen LogP contribution in [-0.4, -0.2) is 47.8 Å². The van der Waals surface area contributed by atoms with Crippen LogP contribution in [0.25, 0.3) is 0 Å². The Morgan fingerprint density at radius 3 is 1.27 bits per heavy atom. The second-order valence-corrected chi connectivity index (χ2v) is 10.8. The highest BCUT2D eigenvalue weighted by Gasteiger charge is 2.67. The van der Waals surface area contributed by atoms with Crippen molar-refractivity contribution in [2.24, 2.45) is 0 Å². The highest BCUT2D eigenvalue weighted by molar-refractivity contribution is 7.19. The van der Waals surface area contributed by atoms with E-state index in [1.807, 2.05) is 0 Å². The number of alkyl halides is 4. The topological polar surface area (TPSA) is 158 Å². The molecule has 0 aliphatic carbocycles. The van der Waals surface area contributed by atoms with Gasteiger partial charge in [0, 0.05) is 0 Å². The molecule has 2 heterocycles. The molecule has 0 aromatic carbocycles. The van der Waals surface area contributed by atoms with Crippen LogP contribution in [0.3, 0.4) is 0 Å². The molecular formula is C24H22F4N4O6S2. The summed E-state index contributed by atoms with van der Waals surface area (Å²) in [5.41, 5.74) is -0.951. The Kier molecular flexibility index (Phi) is 9.67. The molecule has 2 N–H and O–H groups in total. The SMILES string of the molecule is Cc1c(C(=O)OC(C)C)sc(NC(=O)C(F)(F)C(F)(F)C(=O)Nc2sc(C(=O)OC(C)C)c(C)c2C#N)c1C#N. The van der Waals surface area contributed by atoms with Gasteiger partial charge >= 0.3 is 35.6 Å². The van der Waals surface area contributed by atoms with Crippen LogP contribution in [-0.2, 0) is 19.1 Å². The molecule has 214 valence electrons. The fraction of sp³-hybridized carbons (Fsp3) is 0.417. The molecule has 16 heteroatoms. The molecule has 0 unspecified atom stereocenters. The van der Waals surface area contributed by atoms with Gasteiger partial charge in [-0.15, -0.1) is 22.7 Å². The molecule has 0 aliphatic heterocycles. The summed E-state index contributed by atoms with van der Waals surface area (Å²) in [7, 11) is 0. The predicted octanol–water partition coefficient (Wildman–Crippen LogP) is 5.15. The van der Waals surface area contributed by atoms with Crippen LogP contribution >= 0.6 is 22.7 Å². The lowest BCUT2D eigenvalue weighted by Crippen LogP contribution is -2.56. The minimum atomic E-state index is -5.67. The van der Waals surface area contributed by atoms with Crippen LogP contribution in [0.5, 0.6) is 0 Å². The number of esters is 2. The smallest absolute Gasteiger partial charge is 0.396 e. The maximum atomic E-state index is 14.7. The molecule has 2 rings (SSSR count). The van der Waals surface area contributed by atoms with Gasteiger partial charge in [0.05, 0.1) is 23.3 Å². The van der Waals surface area contributed by atoms with Crippen LogP contribution in [0.4, 0.5) is 27.6 Å². The largest absolute Gasteiger partial charge is 0.459 e. The summed E-state index contributed by atoms with van der Waals surface area (Å²) in [6.45, 7) is 8.63. The number of carbonyl (C=O) groups is 4. The van der Waals surface area contributed by atoms with Crippen LogP contribution < -0.4 is 10.6 Å². The van der Waals surface area contributed by atoms with E-state index in [0.29, 0.717) is 22.7 Å². The van der Waals surface area contributed by atoms with Crippen molar-refractivity contribution in [1.82, 2.24) is 0 Å². The lowest BCUT2D eigenvalue weighted by molar-refractivity contribution is -0.204. The first-order valence-corrected chi connectivity index (χ1v) is 12.9. The number of carbonyl (C=O) groups excluding carboxylic acids is 4. The summed E-state index contributed by atoms with van der Waals surface area (Å²) in [5, 5.41) is 20.4. The Morgan fingerprint density at radius 2 is 1.02 bits per heavy atom. The number of ether oxygens (including phenoxy) is 2. The Morgan fingerprint density at radius 1 is 0.725 bits per heavy atom. The number of halogens is 4. The summed E-state index contributed by atoms with van der Waals surface area (Å²) in [4.78, 5) is 48.6. The second-order valence-electron chi connectivity index (χ2n) is 8.71. The minimum Gasteiger partial charge on any atom is -0.459 e. The number of nitriles is 2. The van der Waals surface area contributed by atoms with E-state index in [0.717, 1.165) is 0 Å². The number of anilines is 2. The zero-order valence-electron chi connectivity index (χ0n) is 21.8. The van der Waals surface area contributed by atoms with Crippen molar-refractivity contribution in [3.05, 3.63) is 32.0 Å². The van der Waals surface area contributed by atoms with Gasteiger partial charge in [0.2, 0.25) is 0 Å². The summed E-state index contributed by atoms with van der Waals surface area (Å²) >= 11 is 0.714. The third kappa shape index (κ3) is 6.24. The van der Waals surface area contributed by atoms with Gasteiger partial charge in [-0.2, -0.15) is 28.1 Å². The highest BCUT2D eigenvalue weighted by atomic mass is 32.1. The molecule has 40 heavy (non-hydrogen) atoms. The van der Waals surface area contributed by atoms with E-state index in [2.05, 4.69) is 0 Å². The van der Waals surface area contributed by atoms with Crippen LogP contribution in [0.15, 0.2) is 0 Å². The van der Waals surface area contributed by atoms with Gasteiger partial charge in [0.15, 0.2) is 0 Å². The van der Waals surface area contributed by atoms with E-state index in [4.69, 9.17) is 9.47 Å². The van der Waals surface area contributed by atoms with Crippen molar-refractivity contribution in [2.45, 2.75) is 65.6 Å². The third-order valence-corrected chi connectivity index (χ3v) is 7.37. The molecule has 0 bridgehead atoms. The predicted molar refractivity (Wildman–Crippen MR) is 136 cm³/mol. The number of nitrogens with one attached hydrogen (secondary N) is 2. The number of nitrogens with zero attached hydrogens (tertiary/aromatic N) is 2.